The van der Waals surface area contributed by atoms with Gasteiger partial charge in [0.15, 0.2) is 0 Å². The lowest BCUT2D eigenvalue weighted by molar-refractivity contribution is 0.370. The molecule has 3 aromatic rings. The summed E-state index contributed by atoms with van der Waals surface area (Å²) >= 11 is 11.1. The Hall–Kier alpha value is -1.07. The van der Waals surface area contributed by atoms with E-state index in [-0.39, 0.29) is 16.2 Å². The van der Waals surface area contributed by atoms with Crippen molar-refractivity contribution in [2.75, 3.05) is 0 Å². The number of hydrogen-bond acceptors (Lipinski definition) is 3. The molecule has 3 aromatic carbocycles. The van der Waals surface area contributed by atoms with Gasteiger partial charge in [-0.3, -0.25) is 0 Å². The molecule has 0 atom stereocenters. The molecule has 0 N–H and O–H groups in total. The molecule has 0 unspecified atom stereocenters. The first-order valence-electron chi connectivity index (χ1n) is 12.2. The molecule has 0 spiro atoms. The Bertz CT molecular complexity index is 1100. The average Bonchev–Trinajstić information content (AvgIpc) is 2.75. The number of rotatable bonds is 6. The smallest absolute Gasteiger partial charge is 0.407 e. The molecular weight excluding hydrogens is 679 g/mol. The van der Waals surface area contributed by atoms with Gasteiger partial charge in [0.25, 0.3) is 0 Å². The maximum absolute atomic E-state index is 6.69. The van der Waals surface area contributed by atoms with Crippen LogP contribution in [0.25, 0.3) is 0 Å². The monoisotopic (exact) mass is 712 g/mol. The first-order chi connectivity index (χ1) is 17.0. The number of hydrogen-bond donors (Lipinski definition) is 0. The zero-order valence-corrected chi connectivity index (χ0v) is 28.7. The molecule has 0 bridgehead atoms. The molecule has 7 heteroatoms. The fourth-order valence-corrected chi connectivity index (χ4v) is 6.72. The van der Waals surface area contributed by atoms with Crippen LogP contribution in [-0.2, 0) is 16.2 Å². The summed E-state index contributed by atoms with van der Waals surface area (Å²) in [5, 5.41) is 0. The van der Waals surface area contributed by atoms with Crippen molar-refractivity contribution in [1.82, 2.24) is 0 Å². The highest BCUT2D eigenvalue weighted by Crippen LogP contribution is 2.52. The minimum Gasteiger partial charge on any atom is -0.407 e. The SMILES string of the molecule is CC(C)(C)c1cccc(Br)c1OP(Oc1c(Br)cccc1C(C)(C)C)Oc1c(Br)cccc1C(C)(C)C. The largest absolute Gasteiger partial charge is 0.530 e. The highest BCUT2D eigenvalue weighted by Gasteiger charge is 2.32. The van der Waals surface area contributed by atoms with E-state index in [9.17, 15) is 0 Å². The van der Waals surface area contributed by atoms with Gasteiger partial charge in [-0.25, -0.2) is 0 Å². The third kappa shape index (κ3) is 7.53. The van der Waals surface area contributed by atoms with E-state index in [0.717, 1.165) is 47.4 Å². The van der Waals surface area contributed by atoms with Crippen LogP contribution in [0.4, 0.5) is 0 Å². The van der Waals surface area contributed by atoms with Crippen molar-refractivity contribution < 1.29 is 13.6 Å². The van der Waals surface area contributed by atoms with Gasteiger partial charge in [-0.2, -0.15) is 0 Å². The summed E-state index contributed by atoms with van der Waals surface area (Å²) in [5.74, 6) is 2.15. The quantitative estimate of drug-likeness (QED) is 0.238. The molecule has 0 aliphatic carbocycles. The van der Waals surface area contributed by atoms with E-state index in [1.165, 1.54) is 0 Å². The molecule has 0 radical (unpaired) electrons. The maximum Gasteiger partial charge on any atom is 0.530 e. The molecule has 0 aliphatic heterocycles. The lowest BCUT2D eigenvalue weighted by atomic mass is 9.86. The van der Waals surface area contributed by atoms with Crippen LogP contribution < -0.4 is 13.6 Å². The van der Waals surface area contributed by atoms with E-state index in [0.29, 0.717) is 0 Å². The Morgan fingerprint density at radius 2 is 0.703 bits per heavy atom. The van der Waals surface area contributed by atoms with Crippen molar-refractivity contribution in [2.45, 2.75) is 78.6 Å². The first-order valence-corrected chi connectivity index (χ1v) is 15.7. The van der Waals surface area contributed by atoms with Gasteiger partial charge in [0.1, 0.15) is 17.2 Å². The Morgan fingerprint density at radius 3 is 0.919 bits per heavy atom. The van der Waals surface area contributed by atoms with Crippen LogP contribution in [0.3, 0.4) is 0 Å². The van der Waals surface area contributed by atoms with Gasteiger partial charge in [-0.1, -0.05) is 98.7 Å². The van der Waals surface area contributed by atoms with Crippen molar-refractivity contribution in [3.63, 3.8) is 0 Å². The molecule has 0 aliphatic rings. The van der Waals surface area contributed by atoms with Crippen LogP contribution in [0, 0.1) is 0 Å². The Morgan fingerprint density at radius 1 is 0.459 bits per heavy atom. The molecule has 0 amide bonds. The van der Waals surface area contributed by atoms with Gasteiger partial charge in [-0.05, 0) is 82.2 Å². The zero-order valence-electron chi connectivity index (χ0n) is 23.0. The summed E-state index contributed by atoms with van der Waals surface area (Å²) in [6.45, 7) is 19.5. The molecule has 0 aromatic heterocycles. The van der Waals surface area contributed by atoms with Crippen LogP contribution in [-0.4, -0.2) is 0 Å². The Labute approximate surface area is 249 Å². The standard InChI is InChI=1S/C30H36Br3O3P/c1-28(2,3)19-13-10-16-22(31)25(19)34-37(35-26-20(29(4,5)6)14-11-17-23(26)32)36-27-21(30(7,8)9)15-12-18-24(27)33/h10-18H,1-9H3. The predicted octanol–water partition coefficient (Wildman–Crippen LogP) is 11.6. The Kier molecular flexibility index (Phi) is 9.54. The fraction of sp³-hybridized carbons (Fsp3) is 0.400. The molecule has 3 nitrogen and oxygen atoms in total. The second kappa shape index (κ2) is 11.6. The number of halogens is 3. The zero-order chi connectivity index (χ0) is 27.8. The van der Waals surface area contributed by atoms with Gasteiger partial charge < -0.3 is 13.6 Å². The number of benzene rings is 3. The second-order valence-electron chi connectivity index (χ2n) is 12.1. The van der Waals surface area contributed by atoms with Gasteiger partial charge in [0.2, 0.25) is 0 Å². The van der Waals surface area contributed by atoms with Gasteiger partial charge in [0, 0.05) is 16.7 Å². The van der Waals surface area contributed by atoms with Crippen LogP contribution >= 0.6 is 56.4 Å². The summed E-state index contributed by atoms with van der Waals surface area (Å²) < 4.78 is 22.6. The van der Waals surface area contributed by atoms with Crippen molar-refractivity contribution in [1.29, 1.82) is 0 Å². The van der Waals surface area contributed by atoms with Gasteiger partial charge in [-0.15, -0.1) is 0 Å². The van der Waals surface area contributed by atoms with E-state index in [4.69, 9.17) is 13.6 Å². The van der Waals surface area contributed by atoms with Gasteiger partial charge in [0.05, 0.1) is 13.4 Å². The highest BCUT2D eigenvalue weighted by molar-refractivity contribution is 9.11. The second-order valence-corrected chi connectivity index (χ2v) is 15.7. The maximum atomic E-state index is 6.69. The highest BCUT2D eigenvalue weighted by atomic mass is 79.9. The first kappa shape index (κ1) is 30.5. The average molecular weight is 715 g/mol. The third-order valence-electron chi connectivity index (χ3n) is 5.82. The minimum atomic E-state index is -1.92. The molecule has 0 saturated carbocycles. The third-order valence-corrected chi connectivity index (χ3v) is 8.69. The van der Waals surface area contributed by atoms with Crippen molar-refractivity contribution in [2.24, 2.45) is 0 Å². The van der Waals surface area contributed by atoms with E-state index in [1.807, 2.05) is 36.4 Å². The van der Waals surface area contributed by atoms with Crippen LogP contribution in [0.2, 0.25) is 0 Å². The van der Waals surface area contributed by atoms with Gasteiger partial charge >= 0.3 is 8.60 Å². The molecule has 200 valence electrons. The molecule has 0 fully saturated rings. The minimum absolute atomic E-state index is 0.145. The van der Waals surface area contributed by atoms with E-state index >= 15 is 0 Å². The summed E-state index contributed by atoms with van der Waals surface area (Å²) in [6.07, 6.45) is 0. The van der Waals surface area contributed by atoms with Crippen molar-refractivity contribution in [3.8, 4) is 17.2 Å². The molecule has 0 heterocycles. The van der Waals surface area contributed by atoms with E-state index < -0.39 is 8.60 Å². The normalized spacial score (nSPS) is 12.6. The molecule has 37 heavy (non-hydrogen) atoms. The topological polar surface area (TPSA) is 27.7 Å². The van der Waals surface area contributed by atoms with E-state index in [1.54, 1.807) is 0 Å². The fourth-order valence-electron chi connectivity index (χ4n) is 3.86. The molecule has 3 rings (SSSR count). The van der Waals surface area contributed by atoms with E-state index in [2.05, 4.69) is 128 Å². The van der Waals surface area contributed by atoms with Crippen LogP contribution in [0.1, 0.15) is 79.0 Å². The summed E-state index contributed by atoms with van der Waals surface area (Å²) in [4.78, 5) is 0. The summed E-state index contributed by atoms with van der Waals surface area (Å²) in [5.41, 5.74) is 2.75. The van der Waals surface area contributed by atoms with Crippen molar-refractivity contribution >= 4 is 56.4 Å². The lowest BCUT2D eigenvalue weighted by Gasteiger charge is -2.29. The lowest BCUT2D eigenvalue weighted by Crippen LogP contribution is -2.17. The number of para-hydroxylation sites is 3. The summed E-state index contributed by atoms with van der Waals surface area (Å²) in [6, 6.07) is 18.3. The van der Waals surface area contributed by atoms with Crippen LogP contribution in [0.5, 0.6) is 17.2 Å². The van der Waals surface area contributed by atoms with Crippen molar-refractivity contribution in [3.05, 3.63) is 84.7 Å². The molecule has 0 saturated heterocycles. The van der Waals surface area contributed by atoms with Crippen LogP contribution in [0.15, 0.2) is 68.0 Å². The Balaban J connectivity index is 2.18. The molecular formula is C30H36Br3O3P. The summed E-state index contributed by atoms with van der Waals surface area (Å²) in [7, 11) is -1.92. The predicted molar refractivity (Wildman–Crippen MR) is 167 cm³/mol.